The first-order chi connectivity index (χ1) is 9.59. The Morgan fingerprint density at radius 3 is 2.95 bits per heavy atom. The van der Waals surface area contributed by atoms with Crippen molar-refractivity contribution in [3.63, 3.8) is 0 Å². The normalized spacial score (nSPS) is 32.8. The molecule has 0 radical (unpaired) electrons. The molecule has 0 bridgehead atoms. The minimum Gasteiger partial charge on any atom is -0.379 e. The minimum absolute atomic E-state index is 0.0502. The monoisotopic (exact) mass is 301 g/mol. The number of ether oxygens (including phenoxy) is 1. The summed E-state index contributed by atoms with van der Waals surface area (Å²) in [6.07, 6.45) is 0.582. The number of hydrogen-bond donors (Lipinski definition) is 1. The standard InChI is InChI=1S/C12H19N3O4S/c1-2-13-10-6-18-5-9(10)12-14-11(15-19-12)8-3-4-20(16,17)7-8/h8-10,13H,2-7H2,1H3. The second kappa shape index (κ2) is 5.42. The van der Waals surface area contributed by atoms with Crippen molar-refractivity contribution in [2.45, 2.75) is 31.2 Å². The van der Waals surface area contributed by atoms with E-state index in [9.17, 15) is 8.42 Å². The van der Waals surface area contributed by atoms with Gasteiger partial charge >= 0.3 is 0 Å². The molecule has 7 nitrogen and oxygen atoms in total. The van der Waals surface area contributed by atoms with Crippen molar-refractivity contribution < 1.29 is 17.7 Å². The van der Waals surface area contributed by atoms with E-state index in [0.717, 1.165) is 6.54 Å². The van der Waals surface area contributed by atoms with E-state index in [1.807, 2.05) is 6.92 Å². The van der Waals surface area contributed by atoms with Gasteiger partial charge in [0, 0.05) is 12.0 Å². The Morgan fingerprint density at radius 1 is 1.40 bits per heavy atom. The highest BCUT2D eigenvalue weighted by Crippen LogP contribution is 2.30. The highest BCUT2D eigenvalue weighted by Gasteiger charge is 2.36. The molecule has 1 aromatic rings. The summed E-state index contributed by atoms with van der Waals surface area (Å²) in [6, 6.07) is 0.181. The summed E-state index contributed by atoms with van der Waals surface area (Å²) in [5.74, 6) is 1.33. The fourth-order valence-electron chi connectivity index (χ4n) is 2.82. The van der Waals surface area contributed by atoms with Gasteiger partial charge in [-0.3, -0.25) is 0 Å². The predicted molar refractivity (Wildman–Crippen MR) is 71.3 cm³/mol. The van der Waals surface area contributed by atoms with E-state index >= 15 is 0 Å². The smallest absolute Gasteiger partial charge is 0.233 e. The number of hydrogen-bond acceptors (Lipinski definition) is 7. The number of nitrogens with zero attached hydrogens (tertiary/aromatic N) is 2. The topological polar surface area (TPSA) is 94.3 Å². The van der Waals surface area contributed by atoms with E-state index in [-0.39, 0.29) is 29.4 Å². The van der Waals surface area contributed by atoms with Gasteiger partial charge in [0.1, 0.15) is 0 Å². The molecule has 0 saturated carbocycles. The van der Waals surface area contributed by atoms with Gasteiger partial charge in [-0.25, -0.2) is 8.42 Å². The van der Waals surface area contributed by atoms with Crippen molar-refractivity contribution in [2.24, 2.45) is 0 Å². The van der Waals surface area contributed by atoms with Gasteiger partial charge in [-0.1, -0.05) is 12.1 Å². The van der Waals surface area contributed by atoms with E-state index in [0.29, 0.717) is 31.3 Å². The summed E-state index contributed by atoms with van der Waals surface area (Å²) in [7, 11) is -2.93. The van der Waals surface area contributed by atoms with Crippen LogP contribution in [0.2, 0.25) is 0 Å². The van der Waals surface area contributed by atoms with E-state index < -0.39 is 9.84 Å². The maximum atomic E-state index is 11.5. The molecule has 3 atom stereocenters. The zero-order chi connectivity index (χ0) is 14.2. The summed E-state index contributed by atoms with van der Waals surface area (Å²) < 4.78 is 33.8. The molecular weight excluding hydrogens is 282 g/mol. The molecule has 20 heavy (non-hydrogen) atoms. The predicted octanol–water partition coefficient (Wildman–Crippen LogP) is 0.0636. The van der Waals surface area contributed by atoms with Crippen LogP contribution < -0.4 is 5.32 Å². The summed E-state index contributed by atoms with van der Waals surface area (Å²) in [5, 5.41) is 7.31. The van der Waals surface area contributed by atoms with Crippen molar-refractivity contribution in [3.05, 3.63) is 11.7 Å². The zero-order valence-electron chi connectivity index (χ0n) is 11.4. The van der Waals surface area contributed by atoms with Crippen molar-refractivity contribution >= 4 is 9.84 Å². The Morgan fingerprint density at radius 2 is 2.25 bits per heavy atom. The Balaban J connectivity index is 1.74. The lowest BCUT2D eigenvalue weighted by Gasteiger charge is -2.14. The summed E-state index contributed by atoms with van der Waals surface area (Å²) in [6.45, 7) is 4.08. The quantitative estimate of drug-likeness (QED) is 0.840. The molecular formula is C12H19N3O4S. The Bertz CT molecular complexity index is 571. The van der Waals surface area contributed by atoms with E-state index in [2.05, 4.69) is 15.5 Å². The Hall–Kier alpha value is -0.990. The lowest BCUT2D eigenvalue weighted by Crippen LogP contribution is -2.34. The number of likely N-dealkylation sites (N-methyl/N-ethyl adjacent to an activating group) is 1. The molecule has 3 heterocycles. The van der Waals surface area contributed by atoms with Crippen molar-refractivity contribution in [1.29, 1.82) is 0 Å². The molecule has 0 aliphatic carbocycles. The van der Waals surface area contributed by atoms with Crippen LogP contribution in [0.3, 0.4) is 0 Å². The van der Waals surface area contributed by atoms with Crippen LogP contribution in [0.1, 0.15) is 36.9 Å². The fourth-order valence-corrected chi connectivity index (χ4v) is 4.56. The van der Waals surface area contributed by atoms with Gasteiger partial charge in [0.25, 0.3) is 0 Å². The second-order valence-electron chi connectivity index (χ2n) is 5.40. The van der Waals surface area contributed by atoms with Crippen LogP contribution in [-0.4, -0.2) is 55.9 Å². The number of aromatic nitrogens is 2. The van der Waals surface area contributed by atoms with Gasteiger partial charge in [0.2, 0.25) is 5.89 Å². The van der Waals surface area contributed by atoms with Gasteiger partial charge in [-0.15, -0.1) is 0 Å². The van der Waals surface area contributed by atoms with Crippen LogP contribution in [0.5, 0.6) is 0 Å². The van der Waals surface area contributed by atoms with Crippen LogP contribution in [-0.2, 0) is 14.6 Å². The maximum Gasteiger partial charge on any atom is 0.233 e. The van der Waals surface area contributed by atoms with Crippen LogP contribution in [0.25, 0.3) is 0 Å². The van der Waals surface area contributed by atoms with Gasteiger partial charge in [-0.2, -0.15) is 4.98 Å². The molecule has 1 aromatic heterocycles. The fraction of sp³-hybridized carbons (Fsp3) is 0.833. The van der Waals surface area contributed by atoms with Crippen molar-refractivity contribution in [1.82, 2.24) is 15.5 Å². The van der Waals surface area contributed by atoms with Crippen LogP contribution in [0.4, 0.5) is 0 Å². The molecule has 2 fully saturated rings. The molecule has 0 aromatic carbocycles. The third-order valence-corrected chi connectivity index (χ3v) is 5.69. The minimum atomic E-state index is -2.93. The number of sulfone groups is 1. The molecule has 2 aliphatic rings. The third kappa shape index (κ3) is 2.72. The molecule has 0 spiro atoms. The van der Waals surface area contributed by atoms with Crippen LogP contribution in [0, 0.1) is 0 Å². The Kier molecular flexibility index (Phi) is 3.78. The summed E-state index contributed by atoms with van der Waals surface area (Å²) >= 11 is 0. The second-order valence-corrected chi connectivity index (χ2v) is 7.63. The highest BCUT2D eigenvalue weighted by molar-refractivity contribution is 7.91. The van der Waals surface area contributed by atoms with Crippen LogP contribution in [0.15, 0.2) is 4.52 Å². The van der Waals surface area contributed by atoms with Gasteiger partial charge in [0.15, 0.2) is 15.7 Å². The summed E-state index contributed by atoms with van der Waals surface area (Å²) in [4.78, 5) is 4.41. The van der Waals surface area contributed by atoms with Gasteiger partial charge in [0.05, 0.1) is 30.6 Å². The average Bonchev–Trinajstić information content (AvgIpc) is 3.07. The first-order valence-electron chi connectivity index (χ1n) is 6.94. The van der Waals surface area contributed by atoms with E-state index in [1.54, 1.807) is 0 Å². The van der Waals surface area contributed by atoms with Crippen molar-refractivity contribution in [2.75, 3.05) is 31.3 Å². The molecule has 3 unspecified atom stereocenters. The van der Waals surface area contributed by atoms with Crippen LogP contribution >= 0.6 is 0 Å². The maximum absolute atomic E-state index is 11.5. The molecule has 2 aliphatic heterocycles. The molecule has 1 N–H and O–H groups in total. The lowest BCUT2D eigenvalue weighted by molar-refractivity contribution is 0.185. The SMILES string of the molecule is CCNC1COCC1c1nc(C2CCS(=O)(=O)C2)no1. The molecule has 0 amide bonds. The lowest BCUT2D eigenvalue weighted by atomic mass is 10.0. The van der Waals surface area contributed by atoms with E-state index in [1.165, 1.54) is 0 Å². The molecule has 2 saturated heterocycles. The largest absolute Gasteiger partial charge is 0.379 e. The number of rotatable bonds is 4. The van der Waals surface area contributed by atoms with Gasteiger partial charge < -0.3 is 14.6 Å². The number of nitrogens with one attached hydrogen (secondary N) is 1. The zero-order valence-corrected chi connectivity index (χ0v) is 12.2. The average molecular weight is 301 g/mol. The van der Waals surface area contributed by atoms with Gasteiger partial charge in [-0.05, 0) is 13.0 Å². The summed E-state index contributed by atoms with van der Waals surface area (Å²) in [5.41, 5.74) is 0. The van der Waals surface area contributed by atoms with E-state index in [4.69, 9.17) is 9.26 Å². The molecule has 8 heteroatoms. The first kappa shape index (κ1) is 14.0. The van der Waals surface area contributed by atoms with Crippen molar-refractivity contribution in [3.8, 4) is 0 Å². The Labute approximate surface area is 118 Å². The highest BCUT2D eigenvalue weighted by atomic mass is 32.2. The third-order valence-electron chi connectivity index (χ3n) is 3.92. The first-order valence-corrected chi connectivity index (χ1v) is 8.76. The molecule has 112 valence electrons. The molecule has 3 rings (SSSR count).